The Morgan fingerprint density at radius 1 is 0.222 bits per heavy atom. The van der Waals surface area contributed by atoms with Crippen LogP contribution in [0.1, 0.15) is 0 Å². The van der Waals surface area contributed by atoms with Crippen LogP contribution in [0.5, 0.6) is 0 Å². The number of nitrogens with two attached hydrogens (primary N) is 4. The zero-order chi connectivity index (χ0) is 8.00. The Hall–Kier alpha value is 10.9. The van der Waals surface area contributed by atoms with Crippen molar-refractivity contribution < 1.29 is 327 Å². The van der Waals surface area contributed by atoms with Crippen molar-refractivity contribution in [1.82, 2.24) is 0 Å². The molecule has 0 amide bonds. The monoisotopic (exact) mass is 1010 g/mol. The SMILES string of the molecule is CN.CN.CN.CN.[Y].[Y].[Y].[Y].[Y].[Y].[Y].[Y].[Y].[Y]. The first-order chi connectivity index (χ1) is 4.00. The van der Waals surface area contributed by atoms with Gasteiger partial charge in [0.1, 0.15) is 0 Å². The number of rotatable bonds is 0. The molecule has 0 heterocycles. The first-order valence-electron chi connectivity index (χ1n) is 2.31. The summed E-state index contributed by atoms with van der Waals surface area (Å²) < 4.78 is 0. The van der Waals surface area contributed by atoms with Crippen LogP contribution in [0.25, 0.3) is 0 Å². The third-order valence-corrected chi connectivity index (χ3v) is 0. The zero-order valence-electron chi connectivity index (χ0n) is 12.1. The van der Waals surface area contributed by atoms with Gasteiger partial charge in [-0.3, -0.25) is 0 Å². The van der Waals surface area contributed by atoms with Crippen LogP contribution >= 0.6 is 0 Å². The molecule has 0 aliphatic heterocycles. The van der Waals surface area contributed by atoms with E-state index in [4.69, 9.17) is 0 Å². The molecule has 0 spiro atoms. The molecule has 0 unspecified atom stereocenters. The molecule has 8 N–H and O–H groups in total. The normalized spacial score (nSPS) is 1.33. The van der Waals surface area contributed by atoms with Crippen LogP contribution in [0.15, 0.2) is 0 Å². The molecule has 18 heavy (non-hydrogen) atoms. The van der Waals surface area contributed by atoms with E-state index in [9.17, 15) is 0 Å². The van der Waals surface area contributed by atoms with Crippen molar-refractivity contribution in [3.8, 4) is 0 Å². The maximum atomic E-state index is 4.50. The topological polar surface area (TPSA) is 104 Å². The quantitative estimate of drug-likeness (QED) is 0.232. The van der Waals surface area contributed by atoms with Crippen molar-refractivity contribution in [3.63, 3.8) is 0 Å². The van der Waals surface area contributed by atoms with E-state index in [0.717, 1.165) is 0 Å². The molecule has 0 saturated carbocycles. The predicted molar refractivity (Wildman–Crippen MR) is 40.4 cm³/mol. The maximum absolute atomic E-state index is 4.50. The van der Waals surface area contributed by atoms with Crippen LogP contribution in [-0.4, -0.2) is 28.2 Å². The molecule has 0 fully saturated rings. The summed E-state index contributed by atoms with van der Waals surface area (Å²) in [4.78, 5) is 0. The van der Waals surface area contributed by atoms with Gasteiger partial charge in [-0.2, -0.15) is 0 Å². The third kappa shape index (κ3) is 152. The van der Waals surface area contributed by atoms with Crippen LogP contribution in [0, 0.1) is 0 Å². The van der Waals surface area contributed by atoms with E-state index >= 15 is 0 Å². The molecule has 0 bridgehead atoms. The molecule has 0 aliphatic carbocycles. The molecule has 0 saturated heterocycles. The Bertz CT molecular complexity index is 25.8. The van der Waals surface area contributed by atoms with Gasteiger partial charge in [-0.15, -0.1) is 0 Å². The van der Waals surface area contributed by atoms with E-state index in [1.165, 1.54) is 28.2 Å². The van der Waals surface area contributed by atoms with E-state index in [-0.39, 0.29) is 327 Å². The van der Waals surface area contributed by atoms with Crippen LogP contribution in [0.3, 0.4) is 0 Å². The average Bonchev–Trinajstić information content (AvgIpc) is 2.03. The van der Waals surface area contributed by atoms with E-state index < -0.39 is 0 Å². The van der Waals surface area contributed by atoms with Crippen LogP contribution in [0.4, 0.5) is 0 Å². The molecular weight excluding hydrogens is 993 g/mol. The Labute approximate surface area is 366 Å². The zero-order valence-corrected chi connectivity index (χ0v) is 40.5. The molecule has 4 nitrogen and oxygen atoms in total. The van der Waals surface area contributed by atoms with E-state index in [1.807, 2.05) is 0 Å². The molecule has 0 aromatic rings. The largest absolute Gasteiger partial charge is 0.333 e. The van der Waals surface area contributed by atoms with Crippen molar-refractivity contribution in [2.75, 3.05) is 28.2 Å². The molecule has 0 aromatic heterocycles. The summed E-state index contributed by atoms with van der Waals surface area (Å²) in [5.74, 6) is 0. The molecule has 10 radical (unpaired) electrons. The van der Waals surface area contributed by atoms with Crippen LogP contribution < -0.4 is 22.9 Å². The summed E-state index contributed by atoms with van der Waals surface area (Å²) in [6.07, 6.45) is 0. The fourth-order valence-electron chi connectivity index (χ4n) is 0. The van der Waals surface area contributed by atoms with Gasteiger partial charge >= 0.3 is 0 Å². The van der Waals surface area contributed by atoms with Gasteiger partial charge in [0.05, 0.1) is 0 Å². The molecule has 14 heteroatoms. The number of hydrogen-bond donors (Lipinski definition) is 4. The van der Waals surface area contributed by atoms with Gasteiger partial charge in [0.15, 0.2) is 0 Å². The average molecular weight is 1010 g/mol. The second-order valence-corrected chi connectivity index (χ2v) is 0. The Morgan fingerprint density at radius 3 is 0.222 bits per heavy atom. The van der Waals surface area contributed by atoms with E-state index in [2.05, 4.69) is 22.9 Å². The molecule has 0 aromatic carbocycles. The minimum absolute atomic E-state index is 0. The summed E-state index contributed by atoms with van der Waals surface area (Å²) in [5.41, 5.74) is 18.0. The first kappa shape index (κ1) is 101. The fraction of sp³-hybridized carbons (Fsp3) is 1.00. The van der Waals surface area contributed by atoms with E-state index in [1.54, 1.807) is 0 Å². The predicted octanol–water partition coefficient (Wildman–Crippen LogP) is -1.73. The minimum Gasteiger partial charge on any atom is -0.333 e. The minimum atomic E-state index is 0. The number of hydrogen-bond acceptors (Lipinski definition) is 4. The van der Waals surface area contributed by atoms with Gasteiger partial charge in [-0.25, -0.2) is 0 Å². The molecule has 0 atom stereocenters. The smallest absolute Gasteiger partial charge is 0 e. The third-order valence-electron chi connectivity index (χ3n) is 0. The second-order valence-electron chi connectivity index (χ2n) is 0. The Balaban J connectivity index is -0.000000000833. The Kier molecular flexibility index (Phi) is 959. The van der Waals surface area contributed by atoms with Gasteiger partial charge < -0.3 is 22.9 Å². The van der Waals surface area contributed by atoms with Gasteiger partial charge in [0.2, 0.25) is 0 Å². The van der Waals surface area contributed by atoms with Gasteiger partial charge in [0, 0.05) is 327 Å². The van der Waals surface area contributed by atoms with E-state index in [0.29, 0.717) is 0 Å². The standard InChI is InChI=1S/4CH5N.10Y/c4*1-2;;;;;;;;;;/h4*2H2,1H3;;;;;;;;;;. The first-order valence-corrected chi connectivity index (χ1v) is 2.31. The van der Waals surface area contributed by atoms with Crippen molar-refractivity contribution >= 4 is 0 Å². The van der Waals surface area contributed by atoms with Crippen molar-refractivity contribution in [2.45, 2.75) is 0 Å². The van der Waals surface area contributed by atoms with Crippen molar-refractivity contribution in [3.05, 3.63) is 0 Å². The summed E-state index contributed by atoms with van der Waals surface area (Å²) in [6, 6.07) is 0. The van der Waals surface area contributed by atoms with Gasteiger partial charge in [-0.1, -0.05) is 0 Å². The molecule has 0 rings (SSSR count). The second kappa shape index (κ2) is 170. The molecule has 0 aliphatic rings. The summed E-state index contributed by atoms with van der Waals surface area (Å²) in [7, 11) is 6.00. The van der Waals surface area contributed by atoms with Crippen LogP contribution in [-0.2, 0) is 327 Å². The summed E-state index contributed by atoms with van der Waals surface area (Å²) in [6.45, 7) is 0. The van der Waals surface area contributed by atoms with Crippen molar-refractivity contribution in [2.24, 2.45) is 22.9 Å². The maximum Gasteiger partial charge on any atom is 0 e. The van der Waals surface area contributed by atoms with Crippen molar-refractivity contribution in [1.29, 1.82) is 0 Å². The van der Waals surface area contributed by atoms with Gasteiger partial charge in [-0.05, 0) is 28.2 Å². The summed E-state index contributed by atoms with van der Waals surface area (Å²) in [5, 5.41) is 0. The van der Waals surface area contributed by atoms with Gasteiger partial charge in [0.25, 0.3) is 0 Å². The summed E-state index contributed by atoms with van der Waals surface area (Å²) >= 11 is 0. The van der Waals surface area contributed by atoms with Crippen LogP contribution in [0.2, 0.25) is 0 Å². The molecular formula is C4H20N4Y10. The Morgan fingerprint density at radius 2 is 0.222 bits per heavy atom. The molecule has 86 valence electrons. The fourth-order valence-corrected chi connectivity index (χ4v) is 0.